The van der Waals surface area contributed by atoms with Gasteiger partial charge in [0, 0.05) is 11.3 Å². The lowest BCUT2D eigenvalue weighted by molar-refractivity contribution is -0.112. The standard InChI is InChI=1S/C20H26BNO3/c1-8-10-15(9-2)18(23)22-16-12-11-14(3)17(13-16)21-24-19(4,5)20(6,7)25-21/h8-13H,1-2H2,3-7H3,(H,22,23). The minimum atomic E-state index is -0.468. The average Bonchev–Trinajstić information content (AvgIpc) is 2.74. The molecule has 0 radical (unpaired) electrons. The molecule has 132 valence electrons. The van der Waals surface area contributed by atoms with Crippen molar-refractivity contribution in [2.75, 3.05) is 5.32 Å². The van der Waals surface area contributed by atoms with Gasteiger partial charge >= 0.3 is 7.12 Å². The van der Waals surface area contributed by atoms with E-state index in [9.17, 15) is 4.79 Å². The number of allylic oxidation sites excluding steroid dienone is 2. The molecule has 1 aromatic carbocycles. The van der Waals surface area contributed by atoms with E-state index in [0.717, 1.165) is 11.0 Å². The van der Waals surface area contributed by atoms with Gasteiger partial charge in [-0.2, -0.15) is 0 Å². The Balaban J connectivity index is 2.27. The minimum absolute atomic E-state index is 0.237. The van der Waals surface area contributed by atoms with Gasteiger partial charge in [0.1, 0.15) is 0 Å². The Hall–Kier alpha value is -2.11. The van der Waals surface area contributed by atoms with Gasteiger partial charge in [-0.1, -0.05) is 43.0 Å². The van der Waals surface area contributed by atoms with E-state index < -0.39 is 18.3 Å². The van der Waals surface area contributed by atoms with Crippen molar-refractivity contribution in [3.8, 4) is 0 Å². The maximum atomic E-state index is 12.3. The Kier molecular flexibility index (Phi) is 5.40. The van der Waals surface area contributed by atoms with E-state index in [1.54, 1.807) is 12.2 Å². The number of rotatable bonds is 5. The Morgan fingerprint density at radius 3 is 2.28 bits per heavy atom. The normalized spacial score (nSPS) is 18.8. The van der Waals surface area contributed by atoms with Crippen LogP contribution in [0.15, 0.2) is 55.2 Å². The first kappa shape index (κ1) is 19.2. The fourth-order valence-electron chi connectivity index (χ4n) is 2.51. The highest BCUT2D eigenvalue weighted by Crippen LogP contribution is 2.36. The number of hydrogen-bond acceptors (Lipinski definition) is 3. The molecule has 1 amide bonds. The van der Waals surface area contributed by atoms with Gasteiger partial charge < -0.3 is 14.6 Å². The summed E-state index contributed by atoms with van der Waals surface area (Å²) >= 11 is 0. The van der Waals surface area contributed by atoms with Crippen LogP contribution in [0.1, 0.15) is 33.3 Å². The highest BCUT2D eigenvalue weighted by Gasteiger charge is 2.52. The lowest BCUT2D eigenvalue weighted by Crippen LogP contribution is -2.41. The van der Waals surface area contributed by atoms with Crippen molar-refractivity contribution in [1.29, 1.82) is 0 Å². The number of amides is 1. The highest BCUT2D eigenvalue weighted by atomic mass is 16.7. The zero-order valence-corrected chi connectivity index (χ0v) is 15.7. The number of hydrogen-bond donors (Lipinski definition) is 1. The molecule has 2 rings (SSSR count). The van der Waals surface area contributed by atoms with Gasteiger partial charge in [0.25, 0.3) is 5.91 Å². The summed E-state index contributed by atoms with van der Waals surface area (Å²) in [5.41, 5.74) is 2.26. The monoisotopic (exact) mass is 339 g/mol. The van der Waals surface area contributed by atoms with Crippen LogP contribution in [0.4, 0.5) is 5.69 Å². The molecule has 0 atom stereocenters. The van der Waals surface area contributed by atoms with Crippen molar-refractivity contribution in [3.63, 3.8) is 0 Å². The number of anilines is 1. The van der Waals surface area contributed by atoms with Gasteiger partial charge in [0.15, 0.2) is 0 Å². The van der Waals surface area contributed by atoms with E-state index >= 15 is 0 Å². The molecule has 1 saturated heterocycles. The van der Waals surface area contributed by atoms with E-state index in [1.807, 2.05) is 52.8 Å². The third kappa shape index (κ3) is 3.94. The third-order valence-electron chi connectivity index (χ3n) is 4.82. The van der Waals surface area contributed by atoms with Gasteiger partial charge in [-0.25, -0.2) is 0 Å². The molecule has 1 fully saturated rings. The van der Waals surface area contributed by atoms with E-state index in [-0.39, 0.29) is 5.91 Å². The second-order valence-corrected chi connectivity index (χ2v) is 7.18. The SMILES string of the molecule is C=CC=C(C=C)C(=O)Nc1ccc(C)c(B2OC(C)(C)C(C)(C)O2)c1. The van der Waals surface area contributed by atoms with Crippen molar-refractivity contribution < 1.29 is 14.1 Å². The molecule has 0 aromatic heterocycles. The fraction of sp³-hybridized carbons (Fsp3) is 0.350. The van der Waals surface area contributed by atoms with Crippen LogP contribution in [0.3, 0.4) is 0 Å². The minimum Gasteiger partial charge on any atom is -0.399 e. The maximum absolute atomic E-state index is 12.3. The molecular weight excluding hydrogens is 313 g/mol. The van der Waals surface area contributed by atoms with Crippen LogP contribution in [-0.4, -0.2) is 24.2 Å². The molecule has 5 heteroatoms. The van der Waals surface area contributed by atoms with Crippen LogP contribution in [0.25, 0.3) is 0 Å². The number of aryl methyl sites for hydroxylation is 1. The van der Waals surface area contributed by atoms with Crippen LogP contribution in [0, 0.1) is 6.92 Å². The summed E-state index contributed by atoms with van der Waals surface area (Å²) in [5, 5.41) is 2.87. The largest absolute Gasteiger partial charge is 0.495 e. The van der Waals surface area contributed by atoms with Gasteiger partial charge in [0.2, 0.25) is 0 Å². The molecule has 0 spiro atoms. The molecule has 0 saturated carbocycles. The quantitative estimate of drug-likeness (QED) is 0.507. The summed E-state index contributed by atoms with van der Waals surface area (Å²) < 4.78 is 12.2. The van der Waals surface area contributed by atoms with Crippen molar-refractivity contribution >= 4 is 24.2 Å². The Morgan fingerprint density at radius 1 is 1.16 bits per heavy atom. The third-order valence-corrected chi connectivity index (χ3v) is 4.82. The van der Waals surface area contributed by atoms with Crippen LogP contribution in [0.2, 0.25) is 0 Å². The van der Waals surface area contributed by atoms with Crippen LogP contribution < -0.4 is 10.8 Å². The number of nitrogens with one attached hydrogen (secondary N) is 1. The first-order valence-corrected chi connectivity index (χ1v) is 8.34. The van der Waals surface area contributed by atoms with Gasteiger partial charge in [-0.05, 0) is 52.2 Å². The molecular formula is C20H26BNO3. The zero-order valence-electron chi connectivity index (χ0n) is 15.7. The lowest BCUT2D eigenvalue weighted by Gasteiger charge is -2.32. The Bertz CT molecular complexity index is 718. The van der Waals surface area contributed by atoms with Gasteiger partial charge in [-0.15, -0.1) is 0 Å². The van der Waals surface area contributed by atoms with E-state index in [2.05, 4.69) is 18.5 Å². The van der Waals surface area contributed by atoms with E-state index in [4.69, 9.17) is 9.31 Å². The van der Waals surface area contributed by atoms with E-state index in [0.29, 0.717) is 11.3 Å². The molecule has 1 aliphatic heterocycles. The smallest absolute Gasteiger partial charge is 0.399 e. The first-order chi connectivity index (χ1) is 11.6. The Labute approximate surface area is 150 Å². The molecule has 1 aromatic rings. The summed E-state index contributed by atoms with van der Waals surface area (Å²) in [7, 11) is -0.468. The maximum Gasteiger partial charge on any atom is 0.495 e. The van der Waals surface area contributed by atoms with Gasteiger partial charge in [0.05, 0.1) is 11.2 Å². The number of carbonyl (C=O) groups excluding carboxylic acids is 1. The van der Waals surface area contributed by atoms with Crippen LogP contribution in [0.5, 0.6) is 0 Å². The van der Waals surface area contributed by atoms with Gasteiger partial charge in [-0.3, -0.25) is 4.79 Å². The molecule has 0 unspecified atom stereocenters. The van der Waals surface area contributed by atoms with Crippen molar-refractivity contribution in [3.05, 3.63) is 60.7 Å². The van der Waals surface area contributed by atoms with Crippen molar-refractivity contribution in [2.45, 2.75) is 45.8 Å². The average molecular weight is 339 g/mol. The fourth-order valence-corrected chi connectivity index (χ4v) is 2.51. The predicted molar refractivity (Wildman–Crippen MR) is 104 cm³/mol. The van der Waals surface area contributed by atoms with Crippen molar-refractivity contribution in [1.82, 2.24) is 0 Å². The summed E-state index contributed by atoms with van der Waals surface area (Å²) in [5.74, 6) is -0.237. The molecule has 0 bridgehead atoms. The molecule has 1 N–H and O–H groups in total. The molecule has 4 nitrogen and oxygen atoms in total. The second kappa shape index (κ2) is 7.02. The topological polar surface area (TPSA) is 47.6 Å². The highest BCUT2D eigenvalue weighted by molar-refractivity contribution is 6.62. The summed E-state index contributed by atoms with van der Waals surface area (Å²) in [6.07, 6.45) is 4.67. The molecule has 0 aliphatic carbocycles. The predicted octanol–water partition coefficient (Wildman–Crippen LogP) is 3.53. The lowest BCUT2D eigenvalue weighted by atomic mass is 9.76. The van der Waals surface area contributed by atoms with Crippen LogP contribution in [-0.2, 0) is 14.1 Å². The van der Waals surface area contributed by atoms with Crippen LogP contribution >= 0.6 is 0 Å². The molecule has 25 heavy (non-hydrogen) atoms. The Morgan fingerprint density at radius 2 is 1.76 bits per heavy atom. The summed E-state index contributed by atoms with van der Waals surface area (Å²) in [6.45, 7) is 17.3. The molecule has 1 aliphatic rings. The van der Waals surface area contributed by atoms with E-state index in [1.165, 1.54) is 6.08 Å². The number of benzene rings is 1. The summed E-state index contributed by atoms with van der Waals surface area (Å²) in [6, 6.07) is 5.70. The first-order valence-electron chi connectivity index (χ1n) is 8.34. The molecule has 1 heterocycles. The zero-order chi connectivity index (χ0) is 18.8. The van der Waals surface area contributed by atoms with Crippen molar-refractivity contribution in [2.24, 2.45) is 0 Å². The second-order valence-electron chi connectivity index (χ2n) is 7.18. The summed E-state index contributed by atoms with van der Waals surface area (Å²) in [4.78, 5) is 12.3. The number of carbonyl (C=O) groups is 1.